The first kappa shape index (κ1) is 18.0. The van der Waals surface area contributed by atoms with E-state index in [1.165, 1.54) is 0 Å². The maximum atomic E-state index is 13.4. The average Bonchev–Trinajstić information content (AvgIpc) is 2.95. The molecule has 1 fully saturated rings. The second-order valence-electron chi connectivity index (χ2n) is 8.24. The number of hydrogen-bond acceptors (Lipinski definition) is 3. The Morgan fingerprint density at radius 1 is 1.15 bits per heavy atom. The molecule has 1 unspecified atom stereocenters. The number of rotatable bonds is 2. The predicted molar refractivity (Wildman–Crippen MR) is 102 cm³/mol. The van der Waals surface area contributed by atoms with E-state index in [4.69, 9.17) is 16.7 Å². The van der Waals surface area contributed by atoms with Crippen molar-refractivity contribution in [3.8, 4) is 0 Å². The fraction of sp³-hybridized carbons (Fsp3) is 0.526. The molecular formula is C19H24ClN3O2S. The fourth-order valence-electron chi connectivity index (χ4n) is 4.19. The molecule has 1 aromatic heterocycles. The first-order chi connectivity index (χ1) is 12.2. The molecule has 1 saturated heterocycles. The van der Waals surface area contributed by atoms with Gasteiger partial charge in [-0.25, -0.2) is 8.42 Å². The number of piperidine rings is 1. The van der Waals surface area contributed by atoms with Gasteiger partial charge in [-0.1, -0.05) is 11.6 Å². The molecule has 2 aliphatic rings. The minimum Gasteiger partial charge on any atom is -0.264 e. The number of sulfonamides is 1. The summed E-state index contributed by atoms with van der Waals surface area (Å²) >= 11 is 5.94. The van der Waals surface area contributed by atoms with Crippen molar-refractivity contribution in [1.29, 1.82) is 0 Å². The summed E-state index contributed by atoms with van der Waals surface area (Å²) in [5, 5.41) is 5.34. The van der Waals surface area contributed by atoms with E-state index in [0.29, 0.717) is 16.3 Å². The lowest BCUT2D eigenvalue weighted by Crippen LogP contribution is -2.47. The average molecular weight is 394 g/mol. The van der Waals surface area contributed by atoms with Crippen LogP contribution in [0, 0.1) is 0 Å². The lowest BCUT2D eigenvalue weighted by Gasteiger charge is -2.40. The van der Waals surface area contributed by atoms with Crippen LogP contribution in [0.4, 0.5) is 0 Å². The van der Waals surface area contributed by atoms with Crippen molar-refractivity contribution in [2.45, 2.75) is 69.0 Å². The van der Waals surface area contributed by atoms with Gasteiger partial charge in [-0.2, -0.15) is 9.40 Å². The maximum absolute atomic E-state index is 13.4. The Hall–Kier alpha value is -1.37. The highest BCUT2D eigenvalue weighted by Gasteiger charge is 2.44. The maximum Gasteiger partial charge on any atom is 0.243 e. The molecule has 3 heterocycles. The van der Waals surface area contributed by atoms with E-state index in [0.717, 1.165) is 30.7 Å². The van der Waals surface area contributed by atoms with Crippen LogP contribution >= 0.6 is 11.6 Å². The van der Waals surface area contributed by atoms with Gasteiger partial charge in [0.1, 0.15) is 0 Å². The van der Waals surface area contributed by atoms with Crippen molar-refractivity contribution in [2.75, 3.05) is 0 Å². The van der Waals surface area contributed by atoms with Crippen molar-refractivity contribution in [3.05, 3.63) is 46.7 Å². The van der Waals surface area contributed by atoms with Crippen molar-refractivity contribution < 1.29 is 8.42 Å². The third-order valence-corrected chi connectivity index (χ3v) is 7.52. The van der Waals surface area contributed by atoms with Crippen molar-refractivity contribution >= 4 is 21.6 Å². The Balaban J connectivity index is 1.80. The second kappa shape index (κ2) is 6.08. The number of hydrogen-bond donors (Lipinski definition) is 0. The SMILES string of the molecule is CC(C)(C)n1nc2cc1CC1CCC[C@H]2N1S(=O)(=O)c1ccc(Cl)cc1. The Labute approximate surface area is 160 Å². The monoisotopic (exact) mass is 393 g/mol. The second-order valence-corrected chi connectivity index (χ2v) is 10.5. The van der Waals surface area contributed by atoms with E-state index in [9.17, 15) is 8.42 Å². The van der Waals surface area contributed by atoms with E-state index in [2.05, 4.69) is 31.5 Å². The molecule has 2 atom stereocenters. The van der Waals surface area contributed by atoms with Crippen LogP contribution in [0.5, 0.6) is 0 Å². The van der Waals surface area contributed by atoms with Gasteiger partial charge in [0.05, 0.1) is 22.2 Å². The van der Waals surface area contributed by atoms with Crippen LogP contribution in [0.1, 0.15) is 57.5 Å². The highest BCUT2D eigenvalue weighted by molar-refractivity contribution is 7.89. The smallest absolute Gasteiger partial charge is 0.243 e. The van der Waals surface area contributed by atoms with Crippen LogP contribution < -0.4 is 0 Å². The zero-order chi connectivity index (χ0) is 18.7. The van der Waals surface area contributed by atoms with E-state index < -0.39 is 10.0 Å². The first-order valence-corrected chi connectivity index (χ1v) is 10.9. The largest absolute Gasteiger partial charge is 0.264 e. The highest BCUT2D eigenvalue weighted by atomic mass is 35.5. The molecule has 4 rings (SSSR count). The van der Waals surface area contributed by atoms with Crippen molar-refractivity contribution in [2.24, 2.45) is 0 Å². The lowest BCUT2D eigenvalue weighted by molar-refractivity contribution is 0.167. The van der Waals surface area contributed by atoms with E-state index >= 15 is 0 Å². The summed E-state index contributed by atoms with van der Waals surface area (Å²) in [7, 11) is -3.59. The molecule has 0 saturated carbocycles. The first-order valence-electron chi connectivity index (χ1n) is 9.06. The van der Waals surface area contributed by atoms with Gasteiger partial charge >= 0.3 is 0 Å². The Kier molecular flexibility index (Phi) is 4.21. The Bertz CT molecular complexity index is 929. The summed E-state index contributed by atoms with van der Waals surface area (Å²) in [5.41, 5.74) is 1.88. The standard InChI is InChI=1S/C19H24ClN3O2S/c1-19(2,3)23-15-11-14-5-4-6-18(17(12-15)21-23)22(14)26(24,25)16-9-7-13(20)8-10-16/h7-10,12,14,18H,4-6,11H2,1-3H3/t14?,18-/m1/s1. The minimum atomic E-state index is -3.59. The topological polar surface area (TPSA) is 55.2 Å². The summed E-state index contributed by atoms with van der Waals surface area (Å²) in [6, 6.07) is 8.33. The van der Waals surface area contributed by atoms with Gasteiger partial charge in [-0.3, -0.25) is 4.68 Å². The molecule has 1 aromatic carbocycles. The Morgan fingerprint density at radius 3 is 2.50 bits per heavy atom. The molecule has 140 valence electrons. The van der Waals surface area contributed by atoms with Gasteiger partial charge in [-0.05, 0) is 70.4 Å². The van der Waals surface area contributed by atoms with Gasteiger partial charge in [0, 0.05) is 23.2 Å². The summed E-state index contributed by atoms with van der Waals surface area (Å²) in [6.45, 7) is 6.40. The fourth-order valence-corrected chi connectivity index (χ4v) is 6.16. The minimum absolute atomic E-state index is 0.0291. The third-order valence-electron chi connectivity index (χ3n) is 5.29. The third kappa shape index (κ3) is 2.88. The van der Waals surface area contributed by atoms with E-state index in [1.54, 1.807) is 28.6 Å². The molecule has 2 aliphatic heterocycles. The summed E-state index contributed by atoms with van der Waals surface area (Å²) in [6.07, 6.45) is 3.42. The van der Waals surface area contributed by atoms with Crippen LogP contribution in [-0.4, -0.2) is 28.5 Å². The van der Waals surface area contributed by atoms with Crippen molar-refractivity contribution in [1.82, 2.24) is 14.1 Å². The van der Waals surface area contributed by atoms with E-state index in [1.807, 2.05) is 0 Å². The summed E-state index contributed by atoms with van der Waals surface area (Å²) in [4.78, 5) is 0.301. The molecule has 5 nitrogen and oxygen atoms in total. The molecule has 0 radical (unpaired) electrons. The molecule has 4 bridgehead atoms. The van der Waals surface area contributed by atoms with Crippen LogP contribution in [0.15, 0.2) is 35.2 Å². The Morgan fingerprint density at radius 2 is 1.85 bits per heavy atom. The van der Waals surface area contributed by atoms with Crippen molar-refractivity contribution in [3.63, 3.8) is 0 Å². The predicted octanol–water partition coefficient (Wildman–Crippen LogP) is 4.13. The summed E-state index contributed by atoms with van der Waals surface area (Å²) in [5.74, 6) is 0. The quantitative estimate of drug-likeness (QED) is 0.770. The molecule has 0 aliphatic carbocycles. The zero-order valence-corrected chi connectivity index (χ0v) is 16.9. The normalized spacial score (nSPS) is 23.7. The molecule has 0 amide bonds. The van der Waals surface area contributed by atoms with E-state index in [-0.39, 0.29) is 17.6 Å². The van der Waals surface area contributed by atoms with Crippen LogP contribution in [0.3, 0.4) is 0 Å². The lowest BCUT2D eigenvalue weighted by atomic mass is 9.96. The van der Waals surface area contributed by atoms with Gasteiger partial charge < -0.3 is 0 Å². The molecule has 0 spiro atoms. The molecule has 26 heavy (non-hydrogen) atoms. The molecular weight excluding hydrogens is 370 g/mol. The number of benzene rings is 1. The van der Waals surface area contributed by atoms with Crippen LogP contribution in [-0.2, 0) is 22.0 Å². The number of fused-ring (bicyclic) bond motifs is 5. The van der Waals surface area contributed by atoms with Crippen LogP contribution in [0.2, 0.25) is 5.02 Å². The van der Waals surface area contributed by atoms with Gasteiger partial charge in [0.15, 0.2) is 0 Å². The highest BCUT2D eigenvalue weighted by Crippen LogP contribution is 2.42. The number of halogens is 1. The van der Waals surface area contributed by atoms with Gasteiger partial charge in [0.25, 0.3) is 0 Å². The van der Waals surface area contributed by atoms with Gasteiger partial charge in [-0.15, -0.1) is 0 Å². The molecule has 2 aromatic rings. The zero-order valence-electron chi connectivity index (χ0n) is 15.3. The molecule has 0 N–H and O–H groups in total. The number of nitrogens with zero attached hydrogens (tertiary/aromatic N) is 3. The van der Waals surface area contributed by atoms with Crippen LogP contribution in [0.25, 0.3) is 0 Å². The summed E-state index contributed by atoms with van der Waals surface area (Å²) < 4.78 is 30.6. The number of aromatic nitrogens is 2. The molecule has 7 heteroatoms. The van der Waals surface area contributed by atoms with Gasteiger partial charge in [0.2, 0.25) is 10.0 Å².